The molecule has 1 aliphatic rings. The smallest absolute Gasteiger partial charge is 0.0627 e. The van der Waals surface area contributed by atoms with Gasteiger partial charge in [-0.1, -0.05) is 13.3 Å². The van der Waals surface area contributed by atoms with E-state index in [9.17, 15) is 0 Å². The standard InChI is InChI=1S/C18H33N3/c1-6-14(2)21-11-10-17(20-21)12-15-8-7-9-16(15)13-19-18(3,4)5/h10-11,14-16,19H,6-9,12-13H2,1-5H3. The molecule has 0 saturated heterocycles. The summed E-state index contributed by atoms with van der Waals surface area (Å²) in [5.41, 5.74) is 1.51. The fraction of sp³-hybridized carbons (Fsp3) is 0.833. The third-order valence-electron chi connectivity index (χ3n) is 4.89. The molecule has 1 heterocycles. The van der Waals surface area contributed by atoms with Crippen LogP contribution in [0, 0.1) is 11.8 Å². The Hall–Kier alpha value is -0.830. The summed E-state index contributed by atoms with van der Waals surface area (Å²) < 4.78 is 2.13. The Kier molecular flexibility index (Phi) is 5.48. The van der Waals surface area contributed by atoms with Gasteiger partial charge in [0.15, 0.2) is 0 Å². The molecule has 3 atom stereocenters. The molecular formula is C18H33N3. The summed E-state index contributed by atoms with van der Waals surface area (Å²) >= 11 is 0. The molecule has 2 rings (SSSR count). The number of rotatable bonds is 6. The van der Waals surface area contributed by atoms with Crippen molar-refractivity contribution in [2.75, 3.05) is 6.54 Å². The lowest BCUT2D eigenvalue weighted by Crippen LogP contribution is -2.40. The van der Waals surface area contributed by atoms with Crippen LogP contribution in [0.1, 0.15) is 72.0 Å². The Morgan fingerprint density at radius 2 is 2.05 bits per heavy atom. The molecule has 1 saturated carbocycles. The van der Waals surface area contributed by atoms with E-state index in [1.807, 2.05) is 0 Å². The summed E-state index contributed by atoms with van der Waals surface area (Å²) in [5.74, 6) is 1.62. The van der Waals surface area contributed by atoms with E-state index in [2.05, 4.69) is 56.9 Å². The molecule has 0 spiro atoms. The van der Waals surface area contributed by atoms with Crippen LogP contribution in [0.15, 0.2) is 12.3 Å². The van der Waals surface area contributed by atoms with E-state index in [0.717, 1.165) is 31.2 Å². The molecule has 1 aromatic rings. The van der Waals surface area contributed by atoms with Crippen molar-refractivity contribution in [1.82, 2.24) is 15.1 Å². The van der Waals surface area contributed by atoms with Crippen molar-refractivity contribution in [2.24, 2.45) is 11.8 Å². The van der Waals surface area contributed by atoms with Crippen molar-refractivity contribution in [3.63, 3.8) is 0 Å². The van der Waals surface area contributed by atoms with E-state index in [0.29, 0.717) is 6.04 Å². The Balaban J connectivity index is 1.90. The zero-order valence-corrected chi connectivity index (χ0v) is 14.5. The maximum atomic E-state index is 4.78. The van der Waals surface area contributed by atoms with Crippen LogP contribution >= 0.6 is 0 Å². The lowest BCUT2D eigenvalue weighted by atomic mass is 9.91. The monoisotopic (exact) mass is 291 g/mol. The van der Waals surface area contributed by atoms with Gasteiger partial charge in [0.2, 0.25) is 0 Å². The minimum atomic E-state index is 0.227. The van der Waals surface area contributed by atoms with E-state index in [4.69, 9.17) is 5.10 Å². The Bertz CT molecular complexity index is 430. The van der Waals surface area contributed by atoms with Gasteiger partial charge in [0, 0.05) is 17.8 Å². The van der Waals surface area contributed by atoms with Crippen LogP contribution in [-0.4, -0.2) is 21.9 Å². The molecule has 1 fully saturated rings. The number of hydrogen-bond donors (Lipinski definition) is 1. The van der Waals surface area contributed by atoms with Crippen molar-refractivity contribution >= 4 is 0 Å². The van der Waals surface area contributed by atoms with Gasteiger partial charge in [-0.3, -0.25) is 4.68 Å². The maximum Gasteiger partial charge on any atom is 0.0627 e. The van der Waals surface area contributed by atoms with E-state index in [1.54, 1.807) is 0 Å². The van der Waals surface area contributed by atoms with Gasteiger partial charge in [-0.05, 0) is 77.8 Å². The number of aromatic nitrogens is 2. The summed E-state index contributed by atoms with van der Waals surface area (Å²) in [4.78, 5) is 0. The normalized spacial score (nSPS) is 24.4. The molecule has 3 heteroatoms. The average Bonchev–Trinajstić information content (AvgIpc) is 3.04. The molecule has 0 amide bonds. The van der Waals surface area contributed by atoms with Crippen molar-refractivity contribution in [3.05, 3.63) is 18.0 Å². The summed E-state index contributed by atoms with van der Waals surface area (Å²) in [6.45, 7) is 12.4. The molecule has 1 aliphatic carbocycles. The van der Waals surface area contributed by atoms with Crippen molar-refractivity contribution in [1.29, 1.82) is 0 Å². The van der Waals surface area contributed by atoms with Crippen LogP contribution in [0.4, 0.5) is 0 Å². The average molecular weight is 291 g/mol. The fourth-order valence-electron chi connectivity index (χ4n) is 3.28. The van der Waals surface area contributed by atoms with Crippen LogP contribution in [0.2, 0.25) is 0 Å². The molecule has 3 nitrogen and oxygen atoms in total. The third-order valence-corrected chi connectivity index (χ3v) is 4.89. The summed E-state index contributed by atoms with van der Waals surface area (Å²) in [7, 11) is 0. The Morgan fingerprint density at radius 1 is 1.33 bits per heavy atom. The first kappa shape index (κ1) is 16.5. The second-order valence-corrected chi connectivity index (χ2v) is 7.83. The van der Waals surface area contributed by atoms with Crippen LogP contribution in [0.3, 0.4) is 0 Å². The topological polar surface area (TPSA) is 29.9 Å². The largest absolute Gasteiger partial charge is 0.312 e. The highest BCUT2D eigenvalue weighted by Crippen LogP contribution is 2.34. The van der Waals surface area contributed by atoms with E-state index in [-0.39, 0.29) is 5.54 Å². The van der Waals surface area contributed by atoms with Gasteiger partial charge in [-0.2, -0.15) is 5.10 Å². The predicted octanol–water partition coefficient (Wildman–Crippen LogP) is 4.20. The Morgan fingerprint density at radius 3 is 2.71 bits per heavy atom. The summed E-state index contributed by atoms with van der Waals surface area (Å²) in [6.07, 6.45) is 8.57. The first-order valence-electron chi connectivity index (χ1n) is 8.68. The SMILES string of the molecule is CCC(C)n1ccc(CC2CCCC2CNC(C)(C)C)n1. The highest BCUT2D eigenvalue weighted by molar-refractivity contribution is 5.02. The Labute approximate surface area is 130 Å². The first-order valence-corrected chi connectivity index (χ1v) is 8.68. The molecule has 3 unspecified atom stereocenters. The predicted molar refractivity (Wildman–Crippen MR) is 89.5 cm³/mol. The zero-order chi connectivity index (χ0) is 15.5. The number of nitrogens with one attached hydrogen (secondary N) is 1. The lowest BCUT2D eigenvalue weighted by molar-refractivity contribution is 0.315. The first-order chi connectivity index (χ1) is 9.89. The van der Waals surface area contributed by atoms with Gasteiger partial charge in [-0.25, -0.2) is 0 Å². The van der Waals surface area contributed by atoms with Crippen LogP contribution in [-0.2, 0) is 6.42 Å². The third kappa shape index (κ3) is 4.84. The molecule has 0 bridgehead atoms. The quantitative estimate of drug-likeness (QED) is 0.851. The minimum Gasteiger partial charge on any atom is -0.312 e. The van der Waals surface area contributed by atoms with Crippen molar-refractivity contribution < 1.29 is 0 Å². The molecule has 1 aromatic heterocycles. The lowest BCUT2D eigenvalue weighted by Gasteiger charge is -2.26. The van der Waals surface area contributed by atoms with E-state index >= 15 is 0 Å². The summed E-state index contributed by atoms with van der Waals surface area (Å²) in [5, 5.41) is 8.47. The van der Waals surface area contributed by atoms with Crippen molar-refractivity contribution in [3.8, 4) is 0 Å². The number of hydrogen-bond acceptors (Lipinski definition) is 2. The molecule has 120 valence electrons. The minimum absolute atomic E-state index is 0.227. The van der Waals surface area contributed by atoms with E-state index in [1.165, 1.54) is 25.0 Å². The van der Waals surface area contributed by atoms with Gasteiger partial charge in [0.25, 0.3) is 0 Å². The zero-order valence-electron chi connectivity index (χ0n) is 14.5. The summed E-state index contributed by atoms with van der Waals surface area (Å²) in [6, 6.07) is 2.74. The second-order valence-electron chi connectivity index (χ2n) is 7.83. The highest BCUT2D eigenvalue weighted by Gasteiger charge is 2.28. The second kappa shape index (κ2) is 6.95. The van der Waals surface area contributed by atoms with Gasteiger partial charge in [0.1, 0.15) is 0 Å². The van der Waals surface area contributed by atoms with E-state index < -0.39 is 0 Å². The molecule has 21 heavy (non-hydrogen) atoms. The maximum absolute atomic E-state index is 4.78. The highest BCUT2D eigenvalue weighted by atomic mass is 15.3. The molecular weight excluding hydrogens is 258 g/mol. The fourth-order valence-corrected chi connectivity index (χ4v) is 3.28. The van der Waals surface area contributed by atoms with Gasteiger partial charge in [0.05, 0.1) is 5.69 Å². The van der Waals surface area contributed by atoms with Crippen LogP contribution in [0.5, 0.6) is 0 Å². The van der Waals surface area contributed by atoms with Gasteiger partial charge < -0.3 is 5.32 Å². The molecule has 1 N–H and O–H groups in total. The molecule has 0 radical (unpaired) electrons. The molecule has 0 aliphatic heterocycles. The number of nitrogens with zero attached hydrogens (tertiary/aromatic N) is 2. The molecule has 0 aromatic carbocycles. The van der Waals surface area contributed by atoms with Gasteiger partial charge >= 0.3 is 0 Å². The van der Waals surface area contributed by atoms with Crippen molar-refractivity contribution in [2.45, 2.75) is 78.3 Å². The van der Waals surface area contributed by atoms with Crippen LogP contribution < -0.4 is 5.32 Å². The van der Waals surface area contributed by atoms with Gasteiger partial charge in [-0.15, -0.1) is 0 Å². The van der Waals surface area contributed by atoms with Crippen LogP contribution in [0.25, 0.3) is 0 Å².